The molecule has 2 aliphatic rings. The van der Waals surface area contributed by atoms with E-state index in [1.807, 2.05) is 0 Å². The molecule has 18 heavy (non-hydrogen) atoms. The van der Waals surface area contributed by atoms with Gasteiger partial charge in [-0.25, -0.2) is 0 Å². The minimum atomic E-state index is 0.760. The van der Waals surface area contributed by atoms with E-state index >= 15 is 0 Å². The van der Waals surface area contributed by atoms with Gasteiger partial charge in [0, 0.05) is 36.7 Å². The Kier molecular flexibility index (Phi) is 6.29. The van der Waals surface area contributed by atoms with Crippen LogP contribution in [0.15, 0.2) is 0 Å². The number of nitrogens with one attached hydrogen (secondary N) is 1. The van der Waals surface area contributed by atoms with Gasteiger partial charge in [0.15, 0.2) is 0 Å². The Hall–Kier alpha value is 0.230. The van der Waals surface area contributed by atoms with Gasteiger partial charge >= 0.3 is 0 Å². The zero-order chi connectivity index (χ0) is 12.8. The fraction of sp³-hybridized carbons (Fsp3) is 1.00. The molecule has 2 unspecified atom stereocenters. The predicted molar refractivity (Wildman–Crippen MR) is 81.5 cm³/mol. The molecule has 2 atom stereocenters. The fourth-order valence-electron chi connectivity index (χ4n) is 3.20. The third kappa shape index (κ3) is 4.12. The summed E-state index contributed by atoms with van der Waals surface area (Å²) in [6.07, 6.45) is 2.70. The predicted octanol–water partition coefficient (Wildman–Crippen LogP) is 1.50. The summed E-state index contributed by atoms with van der Waals surface area (Å²) < 4.78 is 0. The van der Waals surface area contributed by atoms with Crippen molar-refractivity contribution in [2.45, 2.75) is 38.8 Å². The van der Waals surface area contributed by atoms with Crippen molar-refractivity contribution in [1.29, 1.82) is 0 Å². The van der Waals surface area contributed by atoms with Crippen LogP contribution < -0.4 is 5.32 Å². The topological polar surface area (TPSA) is 18.5 Å². The highest BCUT2D eigenvalue weighted by Gasteiger charge is 2.26. The van der Waals surface area contributed by atoms with Crippen molar-refractivity contribution < 1.29 is 0 Å². The molecule has 0 spiro atoms. The van der Waals surface area contributed by atoms with Crippen LogP contribution in [0.1, 0.15) is 26.7 Å². The Balaban J connectivity index is 1.65. The molecule has 0 saturated carbocycles. The summed E-state index contributed by atoms with van der Waals surface area (Å²) >= 11 is 2.11. The molecule has 2 saturated heterocycles. The standard InChI is InChI=1S/C14H29N3S/c1-3-17(4-2)14-6-9-16(11-14)8-5-13-12-18-10-7-15-13/h13-15H,3-12H2,1-2H3. The molecule has 0 radical (unpaired) electrons. The maximum Gasteiger partial charge on any atom is 0.0235 e. The number of nitrogens with zero attached hydrogens (tertiary/aromatic N) is 2. The molecule has 3 nitrogen and oxygen atoms in total. The highest BCUT2D eigenvalue weighted by Crippen LogP contribution is 2.17. The normalized spacial score (nSPS) is 30.2. The van der Waals surface area contributed by atoms with E-state index in [2.05, 4.69) is 40.7 Å². The summed E-state index contributed by atoms with van der Waals surface area (Å²) in [5.74, 6) is 2.61. The maximum absolute atomic E-state index is 3.64. The Labute approximate surface area is 117 Å². The fourth-order valence-corrected chi connectivity index (χ4v) is 4.19. The zero-order valence-electron chi connectivity index (χ0n) is 12.0. The minimum absolute atomic E-state index is 0.760. The molecular formula is C14H29N3S. The number of hydrogen-bond donors (Lipinski definition) is 1. The van der Waals surface area contributed by atoms with E-state index in [9.17, 15) is 0 Å². The monoisotopic (exact) mass is 271 g/mol. The second-order valence-electron chi connectivity index (χ2n) is 5.48. The van der Waals surface area contributed by atoms with Crippen LogP contribution in [0.5, 0.6) is 0 Å². The van der Waals surface area contributed by atoms with Gasteiger partial charge in [-0.15, -0.1) is 0 Å². The number of likely N-dealkylation sites (N-methyl/N-ethyl adjacent to an activating group) is 1. The van der Waals surface area contributed by atoms with Gasteiger partial charge in [0.25, 0.3) is 0 Å². The summed E-state index contributed by atoms with van der Waals surface area (Å²) in [4.78, 5) is 5.29. The van der Waals surface area contributed by atoms with Gasteiger partial charge < -0.3 is 10.2 Å². The molecule has 1 N–H and O–H groups in total. The molecule has 0 aromatic heterocycles. The van der Waals surface area contributed by atoms with E-state index in [0.29, 0.717) is 0 Å². The van der Waals surface area contributed by atoms with E-state index in [1.54, 1.807) is 0 Å². The molecule has 0 amide bonds. The van der Waals surface area contributed by atoms with Crippen molar-refractivity contribution in [3.05, 3.63) is 0 Å². The lowest BCUT2D eigenvalue weighted by molar-refractivity contribution is 0.209. The minimum Gasteiger partial charge on any atom is -0.312 e. The highest BCUT2D eigenvalue weighted by molar-refractivity contribution is 7.99. The van der Waals surface area contributed by atoms with Gasteiger partial charge in [-0.05, 0) is 39.0 Å². The average molecular weight is 271 g/mol. The van der Waals surface area contributed by atoms with Gasteiger partial charge in [-0.2, -0.15) is 11.8 Å². The summed E-state index contributed by atoms with van der Waals surface area (Å²) in [7, 11) is 0. The molecule has 0 aromatic carbocycles. The molecule has 0 bridgehead atoms. The molecule has 106 valence electrons. The van der Waals surface area contributed by atoms with Gasteiger partial charge in [0.2, 0.25) is 0 Å². The van der Waals surface area contributed by atoms with Crippen LogP contribution in [0.2, 0.25) is 0 Å². The molecule has 4 heteroatoms. The Morgan fingerprint density at radius 3 is 2.83 bits per heavy atom. The third-order valence-electron chi connectivity index (χ3n) is 4.37. The van der Waals surface area contributed by atoms with Crippen molar-refractivity contribution in [3.63, 3.8) is 0 Å². The lowest BCUT2D eigenvalue weighted by atomic mass is 10.2. The Morgan fingerprint density at radius 1 is 1.33 bits per heavy atom. The van der Waals surface area contributed by atoms with E-state index in [4.69, 9.17) is 0 Å². The lowest BCUT2D eigenvalue weighted by Crippen LogP contribution is -2.41. The van der Waals surface area contributed by atoms with Gasteiger partial charge in [-0.3, -0.25) is 4.90 Å². The molecule has 2 aliphatic heterocycles. The van der Waals surface area contributed by atoms with E-state index in [1.165, 1.54) is 63.6 Å². The number of hydrogen-bond acceptors (Lipinski definition) is 4. The van der Waals surface area contributed by atoms with Gasteiger partial charge in [-0.1, -0.05) is 13.8 Å². The first kappa shape index (κ1) is 14.6. The summed E-state index contributed by atoms with van der Waals surface area (Å²) in [5, 5.41) is 3.64. The van der Waals surface area contributed by atoms with E-state index < -0.39 is 0 Å². The second kappa shape index (κ2) is 7.73. The first-order chi connectivity index (χ1) is 8.83. The molecule has 0 aromatic rings. The lowest BCUT2D eigenvalue weighted by Gasteiger charge is -2.27. The van der Waals surface area contributed by atoms with Crippen molar-refractivity contribution in [2.24, 2.45) is 0 Å². The van der Waals surface area contributed by atoms with Crippen molar-refractivity contribution >= 4 is 11.8 Å². The van der Waals surface area contributed by atoms with E-state index in [-0.39, 0.29) is 0 Å². The van der Waals surface area contributed by atoms with Crippen LogP contribution >= 0.6 is 11.8 Å². The molecule has 2 rings (SSSR count). The summed E-state index contributed by atoms with van der Waals surface area (Å²) in [6, 6.07) is 1.57. The van der Waals surface area contributed by atoms with Gasteiger partial charge in [0.1, 0.15) is 0 Å². The largest absolute Gasteiger partial charge is 0.312 e. The van der Waals surface area contributed by atoms with Crippen molar-refractivity contribution in [2.75, 3.05) is 50.8 Å². The van der Waals surface area contributed by atoms with Crippen LogP contribution in [-0.4, -0.2) is 72.7 Å². The van der Waals surface area contributed by atoms with E-state index in [0.717, 1.165) is 12.1 Å². The number of likely N-dealkylation sites (tertiary alicyclic amines) is 1. The molecule has 0 aliphatic carbocycles. The van der Waals surface area contributed by atoms with Crippen LogP contribution in [0.25, 0.3) is 0 Å². The SMILES string of the molecule is CCN(CC)C1CCN(CCC2CSCCN2)C1. The summed E-state index contributed by atoms with van der Waals surface area (Å²) in [5.41, 5.74) is 0. The van der Waals surface area contributed by atoms with Crippen molar-refractivity contribution in [3.8, 4) is 0 Å². The van der Waals surface area contributed by atoms with Crippen LogP contribution in [-0.2, 0) is 0 Å². The molecule has 2 fully saturated rings. The van der Waals surface area contributed by atoms with Crippen LogP contribution in [0.4, 0.5) is 0 Å². The molecular weight excluding hydrogens is 242 g/mol. The Bertz CT molecular complexity index is 227. The number of rotatable bonds is 6. The zero-order valence-corrected chi connectivity index (χ0v) is 12.8. The molecule has 2 heterocycles. The third-order valence-corrected chi connectivity index (χ3v) is 5.50. The second-order valence-corrected chi connectivity index (χ2v) is 6.63. The quantitative estimate of drug-likeness (QED) is 0.789. The average Bonchev–Trinajstić information content (AvgIpc) is 2.88. The maximum atomic E-state index is 3.64. The van der Waals surface area contributed by atoms with Crippen LogP contribution in [0.3, 0.4) is 0 Å². The Morgan fingerprint density at radius 2 is 2.17 bits per heavy atom. The summed E-state index contributed by atoms with van der Waals surface area (Å²) in [6.45, 7) is 12.1. The highest BCUT2D eigenvalue weighted by atomic mass is 32.2. The first-order valence-corrected chi connectivity index (χ1v) is 8.76. The first-order valence-electron chi connectivity index (χ1n) is 7.61. The van der Waals surface area contributed by atoms with Crippen LogP contribution in [0, 0.1) is 0 Å². The smallest absolute Gasteiger partial charge is 0.0235 e. The number of thioether (sulfide) groups is 1. The van der Waals surface area contributed by atoms with Crippen molar-refractivity contribution in [1.82, 2.24) is 15.1 Å². The van der Waals surface area contributed by atoms with Gasteiger partial charge in [0.05, 0.1) is 0 Å².